The van der Waals surface area contributed by atoms with Crippen LogP contribution in [0.4, 0.5) is 5.69 Å². The van der Waals surface area contributed by atoms with Gasteiger partial charge in [-0.3, -0.25) is 14.5 Å². The van der Waals surface area contributed by atoms with Crippen molar-refractivity contribution >= 4 is 33.6 Å². The molecule has 0 aliphatic rings. The summed E-state index contributed by atoms with van der Waals surface area (Å²) in [5.74, 6) is 0. The summed E-state index contributed by atoms with van der Waals surface area (Å²) in [5.41, 5.74) is 1.74. The third-order valence-corrected chi connectivity index (χ3v) is 3.81. The van der Waals surface area contributed by atoms with E-state index >= 15 is 0 Å². The molecule has 3 rings (SSSR count). The zero-order chi connectivity index (χ0) is 13.4. The molecule has 3 aromatic rings. The van der Waals surface area contributed by atoms with E-state index in [0.29, 0.717) is 6.42 Å². The van der Waals surface area contributed by atoms with Crippen molar-refractivity contribution in [3.63, 3.8) is 0 Å². The first kappa shape index (κ1) is 12.1. The highest BCUT2D eigenvalue weighted by Gasteiger charge is 2.13. The van der Waals surface area contributed by atoms with Crippen molar-refractivity contribution in [3.05, 3.63) is 62.4 Å². The lowest BCUT2D eigenvalue weighted by Crippen LogP contribution is -1.92. The van der Waals surface area contributed by atoms with Crippen LogP contribution in [0.1, 0.15) is 11.3 Å². The molecule has 5 nitrogen and oxygen atoms in total. The van der Waals surface area contributed by atoms with Gasteiger partial charge >= 0.3 is 0 Å². The molecule has 96 valence electrons. The molecule has 0 fully saturated rings. The highest BCUT2D eigenvalue weighted by Crippen LogP contribution is 2.26. The van der Waals surface area contributed by atoms with Crippen LogP contribution >= 0.6 is 22.9 Å². The smallest absolute Gasteiger partial charge is 0.287 e. The zero-order valence-electron chi connectivity index (χ0n) is 9.62. The van der Waals surface area contributed by atoms with Gasteiger partial charge in [0.1, 0.15) is 5.02 Å². The molecule has 7 heteroatoms. The number of thiazole rings is 1. The van der Waals surface area contributed by atoms with Gasteiger partial charge in [0.25, 0.3) is 5.69 Å². The number of benzene rings is 1. The molecule has 2 aromatic heterocycles. The predicted octanol–water partition coefficient (Wildman–Crippen LogP) is 3.55. The quantitative estimate of drug-likeness (QED) is 0.548. The van der Waals surface area contributed by atoms with Gasteiger partial charge in [-0.05, 0) is 11.6 Å². The molecular formula is C12H8ClN3O2S. The van der Waals surface area contributed by atoms with Gasteiger partial charge in [0.2, 0.25) is 0 Å². The number of hydrogen-bond acceptors (Lipinski definition) is 4. The van der Waals surface area contributed by atoms with Gasteiger partial charge in [0, 0.05) is 30.3 Å². The number of nitro benzene ring substituents is 1. The normalized spacial score (nSPS) is 11.0. The fourth-order valence-electron chi connectivity index (χ4n) is 1.88. The Labute approximate surface area is 117 Å². The van der Waals surface area contributed by atoms with Crippen LogP contribution in [-0.4, -0.2) is 14.3 Å². The van der Waals surface area contributed by atoms with Crippen LogP contribution in [-0.2, 0) is 6.42 Å². The van der Waals surface area contributed by atoms with E-state index in [1.807, 2.05) is 22.2 Å². The highest BCUT2D eigenvalue weighted by molar-refractivity contribution is 7.15. The van der Waals surface area contributed by atoms with E-state index in [9.17, 15) is 10.1 Å². The largest absolute Gasteiger partial charge is 0.297 e. The van der Waals surface area contributed by atoms with Crippen molar-refractivity contribution in [2.24, 2.45) is 0 Å². The maximum Gasteiger partial charge on any atom is 0.287 e. The molecule has 0 amide bonds. The third kappa shape index (κ3) is 2.32. The van der Waals surface area contributed by atoms with E-state index < -0.39 is 4.92 Å². The lowest BCUT2D eigenvalue weighted by Gasteiger charge is -2.00. The van der Waals surface area contributed by atoms with Gasteiger partial charge in [0.05, 0.1) is 10.6 Å². The summed E-state index contributed by atoms with van der Waals surface area (Å²) in [6.45, 7) is 0. The predicted molar refractivity (Wildman–Crippen MR) is 74.0 cm³/mol. The topological polar surface area (TPSA) is 60.4 Å². The first-order valence-corrected chi connectivity index (χ1v) is 6.73. The fraction of sp³-hybridized carbons (Fsp3) is 0.0833. The van der Waals surface area contributed by atoms with Crippen molar-refractivity contribution in [2.75, 3.05) is 0 Å². The summed E-state index contributed by atoms with van der Waals surface area (Å²) in [6.07, 6.45) is 4.49. The Balaban J connectivity index is 1.89. The molecule has 0 spiro atoms. The van der Waals surface area contributed by atoms with Crippen LogP contribution in [0.2, 0.25) is 5.02 Å². The van der Waals surface area contributed by atoms with Gasteiger partial charge in [-0.15, -0.1) is 11.3 Å². The van der Waals surface area contributed by atoms with Gasteiger partial charge < -0.3 is 0 Å². The number of nitrogens with zero attached hydrogens (tertiary/aromatic N) is 3. The molecule has 0 unspecified atom stereocenters. The second kappa shape index (κ2) is 4.64. The minimum absolute atomic E-state index is 0.0729. The first-order chi connectivity index (χ1) is 9.13. The summed E-state index contributed by atoms with van der Waals surface area (Å²) >= 11 is 7.45. The summed E-state index contributed by atoms with van der Waals surface area (Å²) < 4.78 is 1.95. The second-order valence-electron chi connectivity index (χ2n) is 4.04. The Hall–Kier alpha value is -1.92. The number of hydrogen-bond donors (Lipinski definition) is 0. The summed E-state index contributed by atoms with van der Waals surface area (Å²) in [4.78, 5) is 15.6. The van der Waals surface area contributed by atoms with Crippen LogP contribution in [0.15, 0.2) is 36.0 Å². The molecule has 2 heterocycles. The average molecular weight is 294 g/mol. The van der Waals surface area contributed by atoms with Crippen molar-refractivity contribution < 1.29 is 4.92 Å². The van der Waals surface area contributed by atoms with Crippen LogP contribution < -0.4 is 0 Å². The maximum atomic E-state index is 10.7. The van der Waals surface area contributed by atoms with Crippen molar-refractivity contribution in [3.8, 4) is 0 Å². The Morgan fingerprint density at radius 3 is 3.00 bits per heavy atom. The summed E-state index contributed by atoms with van der Waals surface area (Å²) in [5, 5.41) is 12.8. The van der Waals surface area contributed by atoms with E-state index in [0.717, 1.165) is 16.2 Å². The van der Waals surface area contributed by atoms with E-state index in [4.69, 9.17) is 11.6 Å². The SMILES string of the molecule is O=[N+]([O-])c1ccc(Cc2cn3ccsc3n2)cc1Cl. The number of aromatic nitrogens is 2. The maximum absolute atomic E-state index is 10.7. The fourth-order valence-corrected chi connectivity index (χ4v) is 2.87. The average Bonchev–Trinajstić information content (AvgIpc) is 2.89. The van der Waals surface area contributed by atoms with Crippen LogP contribution in [0.3, 0.4) is 0 Å². The monoisotopic (exact) mass is 293 g/mol. The minimum Gasteiger partial charge on any atom is -0.297 e. The minimum atomic E-state index is -0.487. The van der Waals surface area contributed by atoms with Crippen molar-refractivity contribution in [1.29, 1.82) is 0 Å². The van der Waals surface area contributed by atoms with Crippen LogP contribution in [0.5, 0.6) is 0 Å². The molecule has 0 aliphatic heterocycles. The number of imidazole rings is 1. The van der Waals surface area contributed by atoms with Gasteiger partial charge in [-0.25, -0.2) is 4.98 Å². The Morgan fingerprint density at radius 2 is 2.32 bits per heavy atom. The Kier molecular flexibility index (Phi) is 2.96. The standard InChI is InChI=1S/C12H8ClN3O2S/c13-10-6-8(1-2-11(10)16(17)18)5-9-7-15-3-4-19-12(15)14-9/h1-4,6-7H,5H2. The number of rotatable bonds is 3. The molecular weight excluding hydrogens is 286 g/mol. The molecule has 0 radical (unpaired) electrons. The molecule has 0 bridgehead atoms. The van der Waals surface area contributed by atoms with E-state index in [1.165, 1.54) is 6.07 Å². The molecule has 0 aliphatic carbocycles. The lowest BCUT2D eigenvalue weighted by atomic mass is 10.1. The molecule has 0 N–H and O–H groups in total. The third-order valence-electron chi connectivity index (χ3n) is 2.74. The van der Waals surface area contributed by atoms with E-state index in [2.05, 4.69) is 4.98 Å². The molecule has 19 heavy (non-hydrogen) atoms. The van der Waals surface area contributed by atoms with Gasteiger partial charge in [-0.1, -0.05) is 17.7 Å². The molecule has 0 saturated carbocycles. The Bertz CT molecular complexity index is 737. The van der Waals surface area contributed by atoms with Crippen LogP contribution in [0.25, 0.3) is 4.96 Å². The molecule has 0 atom stereocenters. The van der Waals surface area contributed by atoms with Crippen molar-refractivity contribution in [1.82, 2.24) is 9.38 Å². The van der Waals surface area contributed by atoms with Crippen LogP contribution in [0, 0.1) is 10.1 Å². The molecule has 0 saturated heterocycles. The number of fused-ring (bicyclic) bond motifs is 1. The van der Waals surface area contributed by atoms with Crippen molar-refractivity contribution in [2.45, 2.75) is 6.42 Å². The Morgan fingerprint density at radius 1 is 1.47 bits per heavy atom. The summed E-state index contributed by atoms with van der Waals surface area (Å²) in [6, 6.07) is 4.75. The lowest BCUT2D eigenvalue weighted by molar-refractivity contribution is -0.384. The molecule has 1 aromatic carbocycles. The van der Waals surface area contributed by atoms with Gasteiger partial charge in [0.15, 0.2) is 4.96 Å². The number of halogens is 1. The second-order valence-corrected chi connectivity index (χ2v) is 5.32. The van der Waals surface area contributed by atoms with E-state index in [-0.39, 0.29) is 10.7 Å². The zero-order valence-corrected chi connectivity index (χ0v) is 11.2. The summed E-state index contributed by atoms with van der Waals surface area (Å²) in [7, 11) is 0. The van der Waals surface area contributed by atoms with Gasteiger partial charge in [-0.2, -0.15) is 0 Å². The highest BCUT2D eigenvalue weighted by atomic mass is 35.5. The number of nitro groups is 1. The first-order valence-electron chi connectivity index (χ1n) is 5.47. The van der Waals surface area contributed by atoms with E-state index in [1.54, 1.807) is 23.5 Å².